The number of aryl methyl sites for hydroxylation is 1. The number of carbonyl (C=O) groups excluding carboxylic acids is 2. The summed E-state index contributed by atoms with van der Waals surface area (Å²) in [4.78, 5) is 31.7. The van der Waals surface area contributed by atoms with Gasteiger partial charge in [0.2, 0.25) is 5.91 Å². The fourth-order valence-electron chi connectivity index (χ4n) is 4.78. The van der Waals surface area contributed by atoms with Gasteiger partial charge in [-0.15, -0.1) is 0 Å². The number of likely N-dealkylation sites (tertiary alicyclic amines) is 1. The number of para-hydroxylation sites is 1. The Labute approximate surface area is 184 Å². The van der Waals surface area contributed by atoms with E-state index in [2.05, 4.69) is 16.4 Å². The molecule has 6 heteroatoms. The maximum absolute atomic E-state index is 12.9. The number of fused-ring (bicyclic) bond motifs is 1. The zero-order chi connectivity index (χ0) is 22.0. The number of piperidine rings is 1. The van der Waals surface area contributed by atoms with Gasteiger partial charge in [-0.25, -0.2) is 4.98 Å². The van der Waals surface area contributed by atoms with E-state index in [4.69, 9.17) is 4.74 Å². The second-order valence-corrected chi connectivity index (χ2v) is 9.11. The fourth-order valence-corrected chi connectivity index (χ4v) is 4.78. The zero-order valence-electron chi connectivity index (χ0n) is 18.6. The number of carbonyl (C=O) groups is 2. The molecule has 164 valence electrons. The molecule has 0 radical (unpaired) electrons. The number of nitrogens with zero attached hydrogens (tertiary/aromatic N) is 2. The summed E-state index contributed by atoms with van der Waals surface area (Å²) in [5.74, 6) is 1.04. The minimum atomic E-state index is -0.339. The maximum atomic E-state index is 12.9. The van der Waals surface area contributed by atoms with Gasteiger partial charge in [0.25, 0.3) is 5.91 Å². The summed E-state index contributed by atoms with van der Waals surface area (Å²) in [6, 6.07) is 13.7. The molecule has 0 aliphatic carbocycles. The van der Waals surface area contributed by atoms with Gasteiger partial charge in [-0.3, -0.25) is 9.59 Å². The standard InChI is InChI=1S/C25H31N3O3/c1-17(2)26-23(29)15-19-16-25(31-22-10-5-4-8-20(19)22)11-13-28(14-12-25)24(30)21-9-6-7-18(3)27-21/h4-10,17,19H,11-16H2,1-3H3,(H,26,29). The number of rotatable bonds is 4. The van der Waals surface area contributed by atoms with Crippen molar-refractivity contribution in [3.63, 3.8) is 0 Å². The van der Waals surface area contributed by atoms with Crippen LogP contribution in [0.3, 0.4) is 0 Å². The average Bonchev–Trinajstić information content (AvgIpc) is 2.73. The van der Waals surface area contributed by atoms with Gasteiger partial charge in [-0.05, 0) is 51.0 Å². The highest BCUT2D eigenvalue weighted by Crippen LogP contribution is 2.46. The van der Waals surface area contributed by atoms with E-state index in [1.54, 1.807) is 6.07 Å². The van der Waals surface area contributed by atoms with Gasteiger partial charge in [0.1, 0.15) is 17.0 Å². The van der Waals surface area contributed by atoms with Crippen molar-refractivity contribution >= 4 is 11.8 Å². The molecule has 1 N–H and O–H groups in total. The van der Waals surface area contributed by atoms with Gasteiger partial charge >= 0.3 is 0 Å². The summed E-state index contributed by atoms with van der Waals surface area (Å²) in [5, 5.41) is 3.02. The Kier molecular flexibility index (Phi) is 5.99. The van der Waals surface area contributed by atoms with Gasteiger partial charge in [-0.2, -0.15) is 0 Å². The first kappa shape index (κ1) is 21.3. The smallest absolute Gasteiger partial charge is 0.272 e. The maximum Gasteiger partial charge on any atom is 0.272 e. The molecule has 1 aromatic heterocycles. The third-order valence-corrected chi connectivity index (χ3v) is 6.25. The molecule has 1 aromatic carbocycles. The molecule has 31 heavy (non-hydrogen) atoms. The molecule has 1 saturated heterocycles. The van der Waals surface area contributed by atoms with Crippen molar-refractivity contribution in [3.05, 3.63) is 59.4 Å². The lowest BCUT2D eigenvalue weighted by molar-refractivity contribution is -0.122. The molecular formula is C25H31N3O3. The molecule has 2 aliphatic rings. The molecule has 1 spiro atoms. The summed E-state index contributed by atoms with van der Waals surface area (Å²) in [6.07, 6.45) is 2.75. The number of hydrogen-bond acceptors (Lipinski definition) is 4. The Morgan fingerprint density at radius 3 is 2.61 bits per heavy atom. The van der Waals surface area contributed by atoms with Crippen LogP contribution in [0.15, 0.2) is 42.5 Å². The number of amides is 2. The monoisotopic (exact) mass is 421 g/mol. The van der Waals surface area contributed by atoms with E-state index in [1.165, 1.54) is 0 Å². The molecule has 1 atom stereocenters. The van der Waals surface area contributed by atoms with Crippen LogP contribution in [0.1, 0.15) is 67.2 Å². The van der Waals surface area contributed by atoms with Crippen LogP contribution in [0.25, 0.3) is 0 Å². The Balaban J connectivity index is 1.48. The first-order valence-corrected chi connectivity index (χ1v) is 11.2. The van der Waals surface area contributed by atoms with E-state index in [0.717, 1.165) is 36.3 Å². The van der Waals surface area contributed by atoms with Crippen LogP contribution in [0.4, 0.5) is 0 Å². The number of benzene rings is 1. The Bertz CT molecular complexity index is 964. The highest BCUT2D eigenvalue weighted by molar-refractivity contribution is 5.92. The molecule has 2 aromatic rings. The SMILES string of the molecule is Cc1cccc(C(=O)N2CCC3(CC2)CC(CC(=O)NC(C)C)c2ccccc2O3)n1. The van der Waals surface area contributed by atoms with Crippen LogP contribution in [0.5, 0.6) is 5.75 Å². The van der Waals surface area contributed by atoms with Crippen LogP contribution in [0, 0.1) is 6.92 Å². The summed E-state index contributed by atoms with van der Waals surface area (Å²) >= 11 is 0. The minimum Gasteiger partial charge on any atom is -0.487 e. The topological polar surface area (TPSA) is 71.5 Å². The number of nitrogens with one attached hydrogen (secondary N) is 1. The average molecular weight is 422 g/mol. The van der Waals surface area contributed by atoms with Crippen molar-refractivity contribution in [3.8, 4) is 5.75 Å². The summed E-state index contributed by atoms with van der Waals surface area (Å²) in [7, 11) is 0. The molecule has 3 heterocycles. The molecular weight excluding hydrogens is 390 g/mol. The molecule has 1 fully saturated rings. The second-order valence-electron chi connectivity index (χ2n) is 9.11. The number of ether oxygens (including phenoxy) is 1. The normalized spacial score (nSPS) is 19.6. The number of aromatic nitrogens is 1. The van der Waals surface area contributed by atoms with Crippen molar-refractivity contribution in [1.29, 1.82) is 0 Å². The highest BCUT2D eigenvalue weighted by Gasteiger charge is 2.44. The third kappa shape index (κ3) is 4.73. The molecule has 0 saturated carbocycles. The van der Waals surface area contributed by atoms with Gasteiger partial charge in [0.05, 0.1) is 0 Å². The molecule has 1 unspecified atom stereocenters. The molecule has 2 amide bonds. The molecule has 0 bridgehead atoms. The van der Waals surface area contributed by atoms with Crippen LogP contribution in [-0.2, 0) is 4.79 Å². The van der Waals surface area contributed by atoms with Gasteiger partial charge in [0, 0.05) is 50.0 Å². The van der Waals surface area contributed by atoms with Crippen LogP contribution >= 0.6 is 0 Å². The minimum absolute atomic E-state index is 0.0254. The second kappa shape index (κ2) is 8.69. The van der Waals surface area contributed by atoms with Crippen molar-refractivity contribution in [2.75, 3.05) is 13.1 Å². The third-order valence-electron chi connectivity index (χ3n) is 6.25. The highest BCUT2D eigenvalue weighted by atomic mass is 16.5. The van der Waals surface area contributed by atoms with E-state index in [0.29, 0.717) is 25.2 Å². The zero-order valence-corrected chi connectivity index (χ0v) is 18.6. The number of pyridine rings is 1. The lowest BCUT2D eigenvalue weighted by Crippen LogP contribution is -2.52. The van der Waals surface area contributed by atoms with E-state index in [9.17, 15) is 9.59 Å². The van der Waals surface area contributed by atoms with E-state index < -0.39 is 0 Å². The largest absolute Gasteiger partial charge is 0.487 e. The summed E-state index contributed by atoms with van der Waals surface area (Å²) in [6.45, 7) is 7.11. The Morgan fingerprint density at radius 2 is 1.90 bits per heavy atom. The lowest BCUT2D eigenvalue weighted by atomic mass is 9.76. The van der Waals surface area contributed by atoms with E-state index in [1.807, 2.05) is 56.0 Å². The van der Waals surface area contributed by atoms with E-state index in [-0.39, 0.29) is 29.4 Å². The summed E-state index contributed by atoms with van der Waals surface area (Å²) in [5.41, 5.74) is 2.10. The van der Waals surface area contributed by atoms with Gasteiger partial charge in [0.15, 0.2) is 0 Å². The molecule has 4 rings (SSSR count). The van der Waals surface area contributed by atoms with Crippen molar-refractivity contribution in [2.45, 2.75) is 64.0 Å². The van der Waals surface area contributed by atoms with Crippen LogP contribution in [0.2, 0.25) is 0 Å². The predicted octanol–water partition coefficient (Wildman–Crippen LogP) is 3.85. The van der Waals surface area contributed by atoms with Crippen LogP contribution in [-0.4, -0.2) is 46.4 Å². The first-order valence-electron chi connectivity index (χ1n) is 11.2. The number of hydrogen-bond donors (Lipinski definition) is 1. The quantitative estimate of drug-likeness (QED) is 0.814. The predicted molar refractivity (Wildman–Crippen MR) is 119 cm³/mol. The fraction of sp³-hybridized carbons (Fsp3) is 0.480. The van der Waals surface area contributed by atoms with Crippen molar-refractivity contribution in [2.24, 2.45) is 0 Å². The van der Waals surface area contributed by atoms with Crippen LogP contribution < -0.4 is 10.1 Å². The van der Waals surface area contributed by atoms with Crippen molar-refractivity contribution < 1.29 is 14.3 Å². The van der Waals surface area contributed by atoms with Crippen molar-refractivity contribution in [1.82, 2.24) is 15.2 Å². The lowest BCUT2D eigenvalue weighted by Gasteiger charge is -2.46. The summed E-state index contributed by atoms with van der Waals surface area (Å²) < 4.78 is 6.52. The Morgan fingerprint density at radius 1 is 1.16 bits per heavy atom. The molecule has 6 nitrogen and oxygen atoms in total. The van der Waals surface area contributed by atoms with E-state index >= 15 is 0 Å². The molecule has 2 aliphatic heterocycles. The van der Waals surface area contributed by atoms with Gasteiger partial charge < -0.3 is 15.0 Å². The Hall–Kier alpha value is -2.89. The first-order chi connectivity index (χ1) is 14.8. The van der Waals surface area contributed by atoms with Gasteiger partial charge in [-0.1, -0.05) is 24.3 Å².